The largest absolute Gasteiger partial charge is 0.456 e. The van der Waals surface area contributed by atoms with Crippen molar-refractivity contribution in [2.45, 2.75) is 0 Å². The lowest BCUT2D eigenvalue weighted by Crippen LogP contribution is -1.97. The molecule has 0 saturated carbocycles. The standard InChI is InChI=1S/C63H39N3O/c1-4-17-40(18-5-1)45-23-16-24-46(37-45)63-65-55(42-19-6-2-7-20-42)39-56(66-63)50-36-35-47(48-25-10-11-26-49(48)50)41-31-33-43(34-32-41)59-60-51-27-12-14-29-54(51)64-62(44-21-8-3-9-22-44)53(60)38-58-61(59)52-28-13-15-30-57(52)67-58/h1-39H. The fraction of sp³-hybridized carbons (Fsp3) is 0. The predicted octanol–water partition coefficient (Wildman–Crippen LogP) is 16.9. The van der Waals surface area contributed by atoms with E-state index in [1.807, 2.05) is 18.2 Å². The van der Waals surface area contributed by atoms with E-state index in [-0.39, 0.29) is 0 Å². The molecule has 0 atom stereocenters. The predicted molar refractivity (Wildman–Crippen MR) is 278 cm³/mol. The van der Waals surface area contributed by atoms with Crippen LogP contribution in [0.1, 0.15) is 0 Å². The number of para-hydroxylation sites is 2. The Bertz CT molecular complexity index is 4010. The first-order chi connectivity index (χ1) is 33.2. The summed E-state index contributed by atoms with van der Waals surface area (Å²) >= 11 is 0. The number of pyridine rings is 1. The average Bonchev–Trinajstić information content (AvgIpc) is 3.78. The van der Waals surface area contributed by atoms with Crippen molar-refractivity contribution in [1.82, 2.24) is 15.0 Å². The van der Waals surface area contributed by atoms with Crippen LogP contribution < -0.4 is 0 Å². The summed E-state index contributed by atoms with van der Waals surface area (Å²) in [5.41, 5.74) is 16.3. The summed E-state index contributed by atoms with van der Waals surface area (Å²) in [6.45, 7) is 0. The first-order valence-corrected chi connectivity index (χ1v) is 22.7. The highest BCUT2D eigenvalue weighted by molar-refractivity contribution is 6.27. The van der Waals surface area contributed by atoms with Crippen molar-refractivity contribution in [3.05, 3.63) is 237 Å². The minimum absolute atomic E-state index is 0.685. The van der Waals surface area contributed by atoms with Crippen molar-refractivity contribution in [2.24, 2.45) is 0 Å². The minimum Gasteiger partial charge on any atom is -0.456 e. The Balaban J connectivity index is 0.974. The van der Waals surface area contributed by atoms with Gasteiger partial charge in [-0.2, -0.15) is 0 Å². The van der Waals surface area contributed by atoms with E-state index in [2.05, 4.69) is 218 Å². The van der Waals surface area contributed by atoms with Crippen LogP contribution in [0.4, 0.5) is 0 Å². The van der Waals surface area contributed by atoms with E-state index < -0.39 is 0 Å². The SMILES string of the molecule is c1ccc(-c2cccc(-c3nc(-c4ccccc4)cc(-c4ccc(-c5ccc(-c6c7c(cc8c(-c9ccccc9)nc9ccccc9c68)oc6ccccc67)cc5)c5ccccc45)n3)c2)cc1. The van der Waals surface area contributed by atoms with Crippen molar-refractivity contribution in [3.63, 3.8) is 0 Å². The Hall–Kier alpha value is -8.99. The highest BCUT2D eigenvalue weighted by Crippen LogP contribution is 2.47. The number of hydrogen-bond acceptors (Lipinski definition) is 4. The fourth-order valence-electron chi connectivity index (χ4n) is 9.95. The molecule has 0 radical (unpaired) electrons. The zero-order valence-electron chi connectivity index (χ0n) is 36.3. The van der Waals surface area contributed by atoms with Crippen LogP contribution in [0.3, 0.4) is 0 Å². The molecule has 67 heavy (non-hydrogen) atoms. The summed E-state index contributed by atoms with van der Waals surface area (Å²) in [4.78, 5) is 15.8. The molecule has 4 heteroatoms. The van der Waals surface area contributed by atoms with Crippen LogP contribution in [0.5, 0.6) is 0 Å². The normalized spacial score (nSPS) is 11.6. The lowest BCUT2D eigenvalue weighted by Gasteiger charge is -2.16. The van der Waals surface area contributed by atoms with Crippen LogP contribution in [0.15, 0.2) is 241 Å². The molecule has 0 aliphatic carbocycles. The molecule has 0 unspecified atom stereocenters. The van der Waals surface area contributed by atoms with E-state index >= 15 is 0 Å². The Kier molecular flexibility index (Phi) is 9.14. The van der Waals surface area contributed by atoms with Gasteiger partial charge in [-0.15, -0.1) is 0 Å². The lowest BCUT2D eigenvalue weighted by atomic mass is 9.88. The van der Waals surface area contributed by atoms with Gasteiger partial charge in [0.25, 0.3) is 0 Å². The van der Waals surface area contributed by atoms with E-state index in [1.165, 1.54) is 0 Å². The molecule has 0 aliphatic heterocycles. The summed E-state index contributed by atoms with van der Waals surface area (Å²) < 4.78 is 6.67. The minimum atomic E-state index is 0.685. The molecule has 0 amide bonds. The van der Waals surface area contributed by atoms with Crippen molar-refractivity contribution >= 4 is 54.4 Å². The van der Waals surface area contributed by atoms with Crippen molar-refractivity contribution in [1.29, 1.82) is 0 Å². The molecule has 0 spiro atoms. The molecule has 13 rings (SSSR count). The average molecular weight is 854 g/mol. The molecule has 10 aromatic carbocycles. The highest BCUT2D eigenvalue weighted by Gasteiger charge is 2.22. The number of rotatable bonds is 7. The molecule has 0 saturated heterocycles. The summed E-state index contributed by atoms with van der Waals surface area (Å²) in [6, 6.07) is 83.3. The molecule has 312 valence electrons. The number of hydrogen-bond donors (Lipinski definition) is 0. The van der Waals surface area contributed by atoms with Crippen LogP contribution in [-0.2, 0) is 0 Å². The van der Waals surface area contributed by atoms with Crippen LogP contribution in [-0.4, -0.2) is 15.0 Å². The molecular weight excluding hydrogens is 815 g/mol. The molecule has 0 N–H and O–H groups in total. The van der Waals surface area contributed by atoms with Crippen LogP contribution >= 0.6 is 0 Å². The maximum absolute atomic E-state index is 6.67. The molecule has 0 bridgehead atoms. The zero-order chi connectivity index (χ0) is 44.3. The van der Waals surface area contributed by atoms with Gasteiger partial charge in [-0.1, -0.05) is 206 Å². The molecule has 0 aliphatic rings. The molecular formula is C63H39N3O. The van der Waals surface area contributed by atoms with E-state index in [0.717, 1.165) is 127 Å². The maximum atomic E-state index is 6.67. The van der Waals surface area contributed by atoms with Gasteiger partial charge in [0.15, 0.2) is 5.82 Å². The van der Waals surface area contributed by atoms with Gasteiger partial charge in [-0.3, -0.25) is 0 Å². The number of benzene rings is 10. The highest BCUT2D eigenvalue weighted by atomic mass is 16.3. The van der Waals surface area contributed by atoms with Crippen LogP contribution in [0.2, 0.25) is 0 Å². The Morgan fingerprint density at radius 2 is 0.851 bits per heavy atom. The summed E-state index contributed by atoms with van der Waals surface area (Å²) in [5.74, 6) is 0.685. The second kappa shape index (κ2) is 15.9. The molecule has 3 aromatic heterocycles. The first kappa shape index (κ1) is 38.5. The third-order valence-corrected chi connectivity index (χ3v) is 13.1. The summed E-state index contributed by atoms with van der Waals surface area (Å²) in [5, 5.41) is 7.80. The second-order valence-corrected chi connectivity index (χ2v) is 17.0. The number of nitrogens with zero attached hydrogens (tertiary/aromatic N) is 3. The second-order valence-electron chi connectivity index (χ2n) is 17.0. The van der Waals surface area contributed by atoms with Crippen molar-refractivity contribution in [2.75, 3.05) is 0 Å². The Morgan fingerprint density at radius 1 is 0.284 bits per heavy atom. The van der Waals surface area contributed by atoms with E-state index in [0.29, 0.717) is 5.82 Å². The monoisotopic (exact) mass is 853 g/mol. The lowest BCUT2D eigenvalue weighted by molar-refractivity contribution is 0.669. The molecule has 3 heterocycles. The van der Waals surface area contributed by atoms with Gasteiger partial charge in [-0.25, -0.2) is 15.0 Å². The van der Waals surface area contributed by atoms with Crippen LogP contribution in [0, 0.1) is 0 Å². The van der Waals surface area contributed by atoms with Gasteiger partial charge in [0.05, 0.1) is 22.6 Å². The van der Waals surface area contributed by atoms with Gasteiger partial charge in [0.1, 0.15) is 11.2 Å². The third kappa shape index (κ3) is 6.65. The van der Waals surface area contributed by atoms with Gasteiger partial charge in [0, 0.05) is 54.7 Å². The first-order valence-electron chi connectivity index (χ1n) is 22.7. The van der Waals surface area contributed by atoms with Crippen molar-refractivity contribution in [3.8, 4) is 78.5 Å². The zero-order valence-corrected chi connectivity index (χ0v) is 36.3. The van der Waals surface area contributed by atoms with Crippen LogP contribution in [0.25, 0.3) is 133 Å². The van der Waals surface area contributed by atoms with Gasteiger partial charge in [0.2, 0.25) is 0 Å². The van der Waals surface area contributed by atoms with Gasteiger partial charge < -0.3 is 4.42 Å². The maximum Gasteiger partial charge on any atom is 0.160 e. The quantitative estimate of drug-likeness (QED) is 0.150. The summed E-state index contributed by atoms with van der Waals surface area (Å²) in [6.07, 6.45) is 0. The topological polar surface area (TPSA) is 51.8 Å². The Morgan fingerprint density at radius 3 is 1.61 bits per heavy atom. The van der Waals surface area contributed by atoms with E-state index in [4.69, 9.17) is 19.4 Å². The smallest absolute Gasteiger partial charge is 0.160 e. The molecule has 13 aromatic rings. The number of fused-ring (bicyclic) bond motifs is 7. The molecule has 0 fully saturated rings. The summed E-state index contributed by atoms with van der Waals surface area (Å²) in [7, 11) is 0. The van der Waals surface area contributed by atoms with Gasteiger partial charge in [-0.05, 0) is 68.9 Å². The molecule has 4 nitrogen and oxygen atoms in total. The number of furan rings is 1. The number of aromatic nitrogens is 3. The fourth-order valence-corrected chi connectivity index (χ4v) is 9.95. The van der Waals surface area contributed by atoms with Crippen molar-refractivity contribution < 1.29 is 4.42 Å². The van der Waals surface area contributed by atoms with E-state index in [1.54, 1.807) is 0 Å². The van der Waals surface area contributed by atoms with E-state index in [9.17, 15) is 0 Å². The van der Waals surface area contributed by atoms with Gasteiger partial charge >= 0.3 is 0 Å². The third-order valence-electron chi connectivity index (χ3n) is 13.1. The Labute approximate surface area is 387 Å².